The third-order valence-electron chi connectivity index (χ3n) is 8.89. The lowest BCUT2D eigenvalue weighted by molar-refractivity contribution is -0.159. The summed E-state index contributed by atoms with van der Waals surface area (Å²) >= 11 is 6.70. The average Bonchev–Trinajstić information content (AvgIpc) is 3.36. The first kappa shape index (κ1) is 24.2. The van der Waals surface area contributed by atoms with E-state index in [1.54, 1.807) is 7.11 Å². The molecule has 5 rings (SSSR count). The molecule has 3 aliphatic carbocycles. The van der Waals surface area contributed by atoms with Gasteiger partial charge < -0.3 is 24.7 Å². The van der Waals surface area contributed by atoms with E-state index in [1.807, 2.05) is 6.92 Å². The first-order valence-electron chi connectivity index (χ1n) is 12.4. The van der Waals surface area contributed by atoms with Gasteiger partial charge in [-0.15, -0.1) is 11.6 Å². The number of Topliss-reactive ketones (excluding diaryl/α,β-unsaturated/α-hetero) is 2. The van der Waals surface area contributed by atoms with Crippen molar-refractivity contribution < 1.29 is 33.3 Å². The number of allylic oxidation sites excluding steroid dienone is 1. The molecule has 5 aliphatic rings. The molecule has 2 heterocycles. The number of halogens is 1. The minimum Gasteiger partial charge on any atom is -0.493 e. The summed E-state index contributed by atoms with van der Waals surface area (Å²) in [4.78, 5) is 40.9. The second kappa shape index (κ2) is 8.87. The standard InChI is InChI=1S/C25H34ClNO7/c1-11-9-14-16(18(24(27)30)20(33-14)12-7-5-4-6-8-12)22(28)25(11)23(29)17-13(31-2)10-15(32-3)19(26)21(17)34-25/h11-13,15,17-21H,4-10H2,1-3H3,(H2,27,30)/t11-,13?,15?,17?,18-,19?,20+,21?,25+/m1/s1. The molecule has 188 valence electrons. The number of ketones is 2. The molecular weight excluding hydrogens is 462 g/mol. The second-order valence-corrected chi connectivity index (χ2v) is 11.1. The van der Waals surface area contributed by atoms with E-state index in [0.29, 0.717) is 18.6 Å². The molecular formula is C25H34ClNO7. The Kier molecular flexibility index (Phi) is 6.32. The van der Waals surface area contributed by atoms with Crippen molar-refractivity contribution in [2.45, 2.75) is 87.3 Å². The van der Waals surface area contributed by atoms with Gasteiger partial charge in [0.2, 0.25) is 11.7 Å². The van der Waals surface area contributed by atoms with Gasteiger partial charge in [0, 0.05) is 33.0 Å². The van der Waals surface area contributed by atoms with Crippen molar-refractivity contribution in [3.8, 4) is 0 Å². The third-order valence-corrected chi connectivity index (χ3v) is 9.42. The van der Waals surface area contributed by atoms with Crippen molar-refractivity contribution in [2.24, 2.45) is 29.4 Å². The summed E-state index contributed by atoms with van der Waals surface area (Å²) in [6, 6.07) is 0. The van der Waals surface area contributed by atoms with Crippen LogP contribution in [-0.2, 0) is 33.3 Å². The maximum absolute atomic E-state index is 14.2. The monoisotopic (exact) mass is 495 g/mol. The summed E-state index contributed by atoms with van der Waals surface area (Å²) < 4.78 is 23.9. The number of hydrogen-bond donors (Lipinski definition) is 1. The number of carbonyl (C=O) groups is 3. The summed E-state index contributed by atoms with van der Waals surface area (Å²) in [5.41, 5.74) is 4.36. The van der Waals surface area contributed by atoms with Crippen LogP contribution in [0.3, 0.4) is 0 Å². The first-order chi connectivity index (χ1) is 16.3. The molecule has 0 aromatic heterocycles. The van der Waals surface area contributed by atoms with E-state index in [9.17, 15) is 14.4 Å². The number of fused-ring (bicyclic) bond motifs is 1. The summed E-state index contributed by atoms with van der Waals surface area (Å²) in [5, 5.41) is -0.609. The molecule has 1 saturated heterocycles. The molecule has 5 unspecified atom stereocenters. The topological polar surface area (TPSA) is 114 Å². The van der Waals surface area contributed by atoms with Crippen molar-refractivity contribution in [2.75, 3.05) is 14.2 Å². The quantitative estimate of drug-likeness (QED) is 0.470. The highest BCUT2D eigenvalue weighted by molar-refractivity contribution is 6.24. The predicted octanol–water partition coefficient (Wildman–Crippen LogP) is 2.29. The molecule has 2 aliphatic heterocycles. The van der Waals surface area contributed by atoms with Crippen LogP contribution in [0.5, 0.6) is 0 Å². The number of ether oxygens (including phenoxy) is 4. The molecule has 0 aromatic rings. The smallest absolute Gasteiger partial charge is 0.229 e. The molecule has 9 heteroatoms. The Morgan fingerprint density at radius 2 is 1.76 bits per heavy atom. The lowest BCUT2D eigenvalue weighted by atomic mass is 9.66. The average molecular weight is 496 g/mol. The van der Waals surface area contributed by atoms with E-state index < -0.39 is 58.7 Å². The predicted molar refractivity (Wildman–Crippen MR) is 122 cm³/mol. The van der Waals surface area contributed by atoms with Crippen LogP contribution in [0.2, 0.25) is 0 Å². The number of primary amides is 1. The molecule has 3 fully saturated rings. The van der Waals surface area contributed by atoms with E-state index in [2.05, 4.69) is 0 Å². The fraction of sp³-hybridized carbons (Fsp3) is 0.800. The molecule has 0 radical (unpaired) electrons. The lowest BCUT2D eigenvalue weighted by Crippen LogP contribution is -2.56. The molecule has 9 atom stereocenters. The van der Waals surface area contributed by atoms with Crippen LogP contribution in [0.15, 0.2) is 11.3 Å². The highest BCUT2D eigenvalue weighted by Crippen LogP contribution is 2.54. The number of nitrogens with two attached hydrogens (primary N) is 1. The Morgan fingerprint density at radius 1 is 1.09 bits per heavy atom. The maximum atomic E-state index is 14.2. The fourth-order valence-corrected chi connectivity index (χ4v) is 7.55. The van der Waals surface area contributed by atoms with Crippen molar-refractivity contribution in [1.82, 2.24) is 0 Å². The van der Waals surface area contributed by atoms with E-state index in [4.69, 9.17) is 36.3 Å². The highest BCUT2D eigenvalue weighted by Gasteiger charge is 2.70. The van der Waals surface area contributed by atoms with Crippen molar-refractivity contribution in [1.29, 1.82) is 0 Å². The van der Waals surface area contributed by atoms with Crippen LogP contribution >= 0.6 is 11.6 Å². The zero-order chi connectivity index (χ0) is 24.4. The molecule has 2 N–H and O–H groups in total. The minimum absolute atomic E-state index is 0.159. The van der Waals surface area contributed by atoms with Crippen LogP contribution in [0, 0.1) is 23.7 Å². The van der Waals surface area contributed by atoms with Gasteiger partial charge in [-0.3, -0.25) is 14.4 Å². The fourth-order valence-electron chi connectivity index (χ4n) is 7.14. The van der Waals surface area contributed by atoms with Crippen LogP contribution < -0.4 is 5.73 Å². The van der Waals surface area contributed by atoms with Crippen molar-refractivity contribution in [3.05, 3.63) is 11.3 Å². The number of rotatable bonds is 4. The maximum Gasteiger partial charge on any atom is 0.229 e. The van der Waals surface area contributed by atoms with Crippen LogP contribution in [-0.4, -0.2) is 67.1 Å². The molecule has 34 heavy (non-hydrogen) atoms. The molecule has 0 aromatic carbocycles. The SMILES string of the molecule is COC1CC(OC)C2C(=O)[C@@]3(OC2C1Cl)C(=O)C1=C(C[C@H]3C)O[C@@H](C2CCCCC2)[C@@H]1C(N)=O. The van der Waals surface area contributed by atoms with Gasteiger partial charge >= 0.3 is 0 Å². The van der Waals surface area contributed by atoms with Crippen LogP contribution in [0.25, 0.3) is 0 Å². The Hall–Kier alpha value is -1.48. The van der Waals surface area contributed by atoms with Gasteiger partial charge in [0.25, 0.3) is 0 Å². The Bertz CT molecular complexity index is 915. The first-order valence-corrected chi connectivity index (χ1v) is 12.9. The van der Waals surface area contributed by atoms with E-state index in [0.717, 1.165) is 32.1 Å². The normalized spacial score (nSPS) is 44.8. The molecule has 1 spiro atoms. The Balaban J connectivity index is 1.52. The minimum atomic E-state index is -1.72. The van der Waals surface area contributed by atoms with Gasteiger partial charge in [-0.2, -0.15) is 0 Å². The van der Waals surface area contributed by atoms with Gasteiger partial charge in [0.1, 0.15) is 17.8 Å². The number of hydrogen-bond acceptors (Lipinski definition) is 7. The Labute approximate surface area is 204 Å². The second-order valence-electron chi connectivity index (χ2n) is 10.6. The molecule has 2 saturated carbocycles. The van der Waals surface area contributed by atoms with Crippen molar-refractivity contribution >= 4 is 29.1 Å². The summed E-state index contributed by atoms with van der Waals surface area (Å²) in [6.45, 7) is 1.83. The van der Waals surface area contributed by atoms with Crippen LogP contribution in [0.4, 0.5) is 0 Å². The number of amides is 1. The number of carbonyl (C=O) groups excluding carboxylic acids is 3. The Morgan fingerprint density at radius 3 is 2.38 bits per heavy atom. The van der Waals surface area contributed by atoms with Gasteiger partial charge in [-0.05, 0) is 18.8 Å². The summed E-state index contributed by atoms with van der Waals surface area (Å²) in [7, 11) is 3.10. The largest absolute Gasteiger partial charge is 0.493 e. The third kappa shape index (κ3) is 3.32. The van der Waals surface area contributed by atoms with E-state index in [1.165, 1.54) is 7.11 Å². The summed E-state index contributed by atoms with van der Waals surface area (Å²) in [5.74, 6) is -2.78. The zero-order valence-corrected chi connectivity index (χ0v) is 20.7. The van der Waals surface area contributed by atoms with Gasteiger partial charge in [-0.1, -0.05) is 26.2 Å². The zero-order valence-electron chi connectivity index (χ0n) is 20.0. The van der Waals surface area contributed by atoms with E-state index >= 15 is 0 Å². The number of alkyl halides is 1. The molecule has 8 nitrogen and oxygen atoms in total. The molecule has 0 bridgehead atoms. The van der Waals surface area contributed by atoms with Gasteiger partial charge in [0.15, 0.2) is 11.4 Å². The van der Waals surface area contributed by atoms with Crippen molar-refractivity contribution in [3.63, 3.8) is 0 Å². The molecule has 1 amide bonds. The lowest BCUT2D eigenvalue weighted by Gasteiger charge is -2.39. The number of methoxy groups -OCH3 is 2. The van der Waals surface area contributed by atoms with Gasteiger partial charge in [-0.25, -0.2) is 0 Å². The van der Waals surface area contributed by atoms with Crippen LogP contribution in [0.1, 0.15) is 51.9 Å². The van der Waals surface area contributed by atoms with Gasteiger partial charge in [0.05, 0.1) is 35.2 Å². The van der Waals surface area contributed by atoms with E-state index in [-0.39, 0.29) is 23.4 Å². The highest BCUT2D eigenvalue weighted by atomic mass is 35.5. The summed E-state index contributed by atoms with van der Waals surface area (Å²) in [6.07, 6.45) is 3.89.